The summed E-state index contributed by atoms with van der Waals surface area (Å²) in [6.07, 6.45) is 16.3. The first-order valence-corrected chi connectivity index (χ1v) is 14.7. The van der Waals surface area contributed by atoms with Crippen LogP contribution in [0.3, 0.4) is 0 Å². The second kappa shape index (κ2) is 15.4. The van der Waals surface area contributed by atoms with Crippen LogP contribution in [0.5, 0.6) is 0 Å². The summed E-state index contributed by atoms with van der Waals surface area (Å²) in [5.41, 5.74) is 3.61. The smallest absolute Gasteiger partial charge is 0.245 e. The minimum atomic E-state index is -0.241. The third kappa shape index (κ3) is 11.5. The lowest BCUT2D eigenvalue weighted by Crippen LogP contribution is -2.31. The minimum absolute atomic E-state index is 0.188. The standard InChI is InChI=1S/C29H49N3O5/c1-23(33)30(26-18-19-26)20-8-2-5-11-27(24-14-15-24)31(36)21-9-4-7-13-29(35)32(37)22-10-3-6-12-28(34)25-16-17-25/h26,34,36-37H,2-22H2,1H3. The Morgan fingerprint density at radius 3 is 1.81 bits per heavy atom. The lowest BCUT2D eigenvalue weighted by atomic mass is 10.1. The van der Waals surface area contributed by atoms with Gasteiger partial charge in [-0.2, -0.15) is 0 Å². The van der Waals surface area contributed by atoms with Gasteiger partial charge in [0, 0.05) is 51.1 Å². The van der Waals surface area contributed by atoms with E-state index in [1.807, 2.05) is 4.90 Å². The van der Waals surface area contributed by atoms with Crippen molar-refractivity contribution in [2.45, 2.75) is 129 Å². The van der Waals surface area contributed by atoms with Crippen LogP contribution in [0.1, 0.15) is 122 Å². The number of aliphatic hydroxyl groups is 1. The lowest BCUT2D eigenvalue weighted by Gasteiger charge is -2.22. The van der Waals surface area contributed by atoms with Crippen molar-refractivity contribution in [2.24, 2.45) is 0 Å². The number of nitrogens with zero attached hydrogens (tertiary/aromatic N) is 3. The third-order valence-electron chi connectivity index (χ3n) is 7.66. The summed E-state index contributed by atoms with van der Waals surface area (Å²) in [6.45, 7) is 3.42. The maximum atomic E-state index is 12.1. The van der Waals surface area contributed by atoms with Gasteiger partial charge in [-0.1, -0.05) is 19.3 Å². The Morgan fingerprint density at radius 1 is 0.703 bits per heavy atom. The fourth-order valence-corrected chi connectivity index (χ4v) is 4.94. The highest BCUT2D eigenvalue weighted by Crippen LogP contribution is 2.35. The second-order valence-corrected chi connectivity index (χ2v) is 11.1. The van der Waals surface area contributed by atoms with Crippen LogP contribution in [-0.2, 0) is 9.59 Å². The molecule has 0 bridgehead atoms. The van der Waals surface area contributed by atoms with Gasteiger partial charge < -0.3 is 10.0 Å². The molecule has 0 aromatic carbocycles. The van der Waals surface area contributed by atoms with Crippen molar-refractivity contribution in [3.8, 4) is 0 Å². The zero-order chi connectivity index (χ0) is 26.6. The van der Waals surface area contributed by atoms with Crippen LogP contribution in [0.2, 0.25) is 0 Å². The number of rotatable bonds is 20. The molecule has 0 aromatic rings. The number of hydroxylamine groups is 4. The zero-order valence-corrected chi connectivity index (χ0v) is 22.9. The first kappa shape index (κ1) is 29.5. The van der Waals surface area contributed by atoms with Gasteiger partial charge in [0.05, 0.1) is 5.76 Å². The molecule has 3 fully saturated rings. The number of unbranched alkanes of at least 4 members (excludes halogenated alkanes) is 6. The SMILES string of the molecule is CC(=O)N(CCCCCC(=C1CC1)N(O)CCCCCC(=O)N(O)CCCCCC(O)=C1CC1)C1CC1. The number of hydrogen-bond acceptors (Lipinski definition) is 6. The van der Waals surface area contributed by atoms with Gasteiger partial charge >= 0.3 is 0 Å². The Bertz CT molecular complexity index is 808. The number of allylic oxidation sites excluding steroid dienone is 4. The van der Waals surface area contributed by atoms with E-state index >= 15 is 0 Å². The van der Waals surface area contributed by atoms with Gasteiger partial charge in [-0.15, -0.1) is 0 Å². The second-order valence-electron chi connectivity index (χ2n) is 11.1. The fourth-order valence-electron chi connectivity index (χ4n) is 4.94. The topological polar surface area (TPSA) is 105 Å². The largest absolute Gasteiger partial charge is 0.512 e. The molecule has 3 rings (SSSR count). The van der Waals surface area contributed by atoms with Crippen molar-refractivity contribution < 1.29 is 25.1 Å². The third-order valence-corrected chi connectivity index (χ3v) is 7.66. The molecule has 3 N–H and O–H groups in total. The molecule has 8 nitrogen and oxygen atoms in total. The van der Waals surface area contributed by atoms with Crippen LogP contribution in [0.25, 0.3) is 0 Å². The average Bonchev–Trinajstić information content (AvgIpc) is 3.71. The Hall–Kier alpha value is -2.06. The predicted molar refractivity (Wildman–Crippen MR) is 143 cm³/mol. The average molecular weight is 520 g/mol. The molecule has 0 aromatic heterocycles. The van der Waals surface area contributed by atoms with Crippen molar-refractivity contribution in [3.63, 3.8) is 0 Å². The van der Waals surface area contributed by atoms with Crippen LogP contribution in [-0.4, -0.2) is 68.0 Å². The molecule has 8 heteroatoms. The molecule has 2 amide bonds. The number of amides is 2. The van der Waals surface area contributed by atoms with Crippen LogP contribution < -0.4 is 0 Å². The predicted octanol–water partition coefficient (Wildman–Crippen LogP) is 6.24. The van der Waals surface area contributed by atoms with Gasteiger partial charge in [0.2, 0.25) is 11.8 Å². The Labute approximate surface area is 222 Å². The van der Waals surface area contributed by atoms with Gasteiger partial charge in [0.1, 0.15) is 0 Å². The highest BCUT2D eigenvalue weighted by Gasteiger charge is 2.30. The summed E-state index contributed by atoms with van der Waals surface area (Å²) in [7, 11) is 0. The van der Waals surface area contributed by atoms with E-state index in [1.54, 1.807) is 6.92 Å². The zero-order valence-electron chi connectivity index (χ0n) is 22.9. The highest BCUT2D eigenvalue weighted by atomic mass is 16.5. The fraction of sp³-hybridized carbons (Fsp3) is 0.793. The Morgan fingerprint density at radius 2 is 1.24 bits per heavy atom. The maximum Gasteiger partial charge on any atom is 0.245 e. The molecule has 3 saturated carbocycles. The number of carbonyl (C=O) groups is 2. The summed E-state index contributed by atoms with van der Waals surface area (Å²) in [4.78, 5) is 25.9. The molecule has 0 aliphatic heterocycles. The minimum Gasteiger partial charge on any atom is -0.512 e. The van der Waals surface area contributed by atoms with Crippen molar-refractivity contribution in [2.75, 3.05) is 19.6 Å². The van der Waals surface area contributed by atoms with E-state index in [0.717, 1.165) is 114 Å². The van der Waals surface area contributed by atoms with Gasteiger partial charge in [-0.25, -0.2) is 5.06 Å². The number of carbonyl (C=O) groups excluding carboxylic acids is 2. The number of hydrogen-bond donors (Lipinski definition) is 3. The molecule has 0 saturated heterocycles. The Kier molecular flexibility index (Phi) is 12.3. The van der Waals surface area contributed by atoms with E-state index < -0.39 is 0 Å². The molecule has 3 aliphatic rings. The van der Waals surface area contributed by atoms with Crippen molar-refractivity contribution in [1.82, 2.24) is 15.0 Å². The van der Waals surface area contributed by atoms with Gasteiger partial charge in [-0.05, 0) is 94.6 Å². The summed E-state index contributed by atoms with van der Waals surface area (Å²) in [5.74, 6) is 0.488. The first-order chi connectivity index (χ1) is 17.9. The molecule has 0 radical (unpaired) electrons. The quantitative estimate of drug-likeness (QED) is 0.0761. The van der Waals surface area contributed by atoms with E-state index in [-0.39, 0.29) is 11.8 Å². The van der Waals surface area contributed by atoms with E-state index in [9.17, 15) is 25.1 Å². The summed E-state index contributed by atoms with van der Waals surface area (Å²) in [6, 6.07) is 0.478. The van der Waals surface area contributed by atoms with Crippen LogP contribution >= 0.6 is 0 Å². The molecule has 0 spiro atoms. The van der Waals surface area contributed by atoms with Crippen molar-refractivity contribution in [1.29, 1.82) is 0 Å². The first-order valence-electron chi connectivity index (χ1n) is 14.7. The van der Waals surface area contributed by atoms with Gasteiger partial charge in [-0.3, -0.25) is 25.1 Å². The highest BCUT2D eigenvalue weighted by molar-refractivity contribution is 5.74. The van der Waals surface area contributed by atoms with Gasteiger partial charge in [0.15, 0.2) is 0 Å². The maximum absolute atomic E-state index is 12.1. The van der Waals surface area contributed by atoms with Crippen LogP contribution in [0, 0.1) is 0 Å². The molecule has 210 valence electrons. The summed E-state index contributed by atoms with van der Waals surface area (Å²) >= 11 is 0. The van der Waals surface area contributed by atoms with Crippen molar-refractivity contribution in [3.05, 3.63) is 22.6 Å². The van der Waals surface area contributed by atoms with Crippen LogP contribution in [0.15, 0.2) is 22.6 Å². The van der Waals surface area contributed by atoms with Crippen molar-refractivity contribution >= 4 is 11.8 Å². The van der Waals surface area contributed by atoms with E-state index in [2.05, 4.69) is 0 Å². The molecule has 37 heavy (non-hydrogen) atoms. The molecular formula is C29H49N3O5. The van der Waals surface area contributed by atoms with E-state index in [1.165, 1.54) is 16.2 Å². The van der Waals surface area contributed by atoms with Crippen LogP contribution in [0.4, 0.5) is 0 Å². The Balaban J connectivity index is 1.19. The molecule has 0 unspecified atom stereocenters. The monoisotopic (exact) mass is 519 g/mol. The molecule has 0 atom stereocenters. The molecule has 0 heterocycles. The summed E-state index contributed by atoms with van der Waals surface area (Å²) in [5, 5.41) is 32.6. The lowest BCUT2D eigenvalue weighted by molar-refractivity contribution is -0.165. The van der Waals surface area contributed by atoms with E-state index in [4.69, 9.17) is 0 Å². The number of aliphatic hydroxyl groups excluding tert-OH is 1. The van der Waals surface area contributed by atoms with E-state index in [0.29, 0.717) is 44.2 Å². The normalized spacial score (nSPS) is 16.0. The molecular weight excluding hydrogens is 470 g/mol. The van der Waals surface area contributed by atoms with Gasteiger partial charge in [0.25, 0.3) is 0 Å². The molecule has 3 aliphatic carbocycles. The summed E-state index contributed by atoms with van der Waals surface area (Å²) < 4.78 is 0.